The molecule has 0 radical (unpaired) electrons. The van der Waals surface area contributed by atoms with E-state index >= 15 is 0 Å². The number of rotatable bonds is 2. The van der Waals surface area contributed by atoms with Crippen molar-refractivity contribution in [3.63, 3.8) is 0 Å². The van der Waals surface area contributed by atoms with Crippen LogP contribution in [0.2, 0.25) is 0 Å². The summed E-state index contributed by atoms with van der Waals surface area (Å²) in [5.41, 5.74) is -0.433. The van der Waals surface area contributed by atoms with Gasteiger partial charge in [-0.25, -0.2) is 4.79 Å². The highest BCUT2D eigenvalue weighted by Crippen LogP contribution is 2.15. The van der Waals surface area contributed by atoms with Gasteiger partial charge in [0.1, 0.15) is 4.90 Å². The highest BCUT2D eigenvalue weighted by molar-refractivity contribution is 7.86. The largest absolute Gasteiger partial charge is 0.374 e. The number of benzene rings is 1. The van der Waals surface area contributed by atoms with E-state index in [9.17, 15) is 13.2 Å². The summed E-state index contributed by atoms with van der Waals surface area (Å²) >= 11 is 0. The lowest BCUT2D eigenvalue weighted by molar-refractivity contribution is -0.183. The minimum absolute atomic E-state index is 0.433. The van der Waals surface area contributed by atoms with Crippen molar-refractivity contribution in [2.24, 2.45) is 0 Å². The first kappa shape index (κ1) is 10.6. The van der Waals surface area contributed by atoms with Crippen LogP contribution in [0.5, 0.6) is 0 Å². The minimum atomic E-state index is -4.50. The van der Waals surface area contributed by atoms with Gasteiger partial charge in [-0.1, -0.05) is 12.1 Å². The molecule has 6 nitrogen and oxygen atoms in total. The van der Waals surface area contributed by atoms with Crippen molar-refractivity contribution in [2.45, 2.75) is 4.90 Å². The van der Waals surface area contributed by atoms with Crippen LogP contribution in [-0.2, 0) is 15.0 Å². The molecular formula is C7H6O6S. The van der Waals surface area contributed by atoms with Crippen molar-refractivity contribution in [1.29, 1.82) is 0 Å². The fraction of sp³-hybridized carbons (Fsp3) is 0. The van der Waals surface area contributed by atoms with Crippen LogP contribution in [0.25, 0.3) is 0 Å². The van der Waals surface area contributed by atoms with Crippen LogP contribution in [0.4, 0.5) is 0 Å². The fourth-order valence-corrected chi connectivity index (χ4v) is 1.59. The standard InChI is InChI=1S/C7H6O6S/c8-7(13-9)5-3-1-2-4-6(5)14(10,11)12/h1-4,9H,(H,10,11,12). The zero-order valence-corrected chi connectivity index (χ0v) is 7.56. The molecule has 2 N–H and O–H groups in total. The first-order valence-electron chi connectivity index (χ1n) is 3.39. The van der Waals surface area contributed by atoms with Crippen LogP contribution < -0.4 is 0 Å². The molecule has 0 aliphatic heterocycles. The van der Waals surface area contributed by atoms with Crippen LogP contribution in [0.15, 0.2) is 29.2 Å². The lowest BCUT2D eigenvalue weighted by atomic mass is 10.2. The van der Waals surface area contributed by atoms with Crippen molar-refractivity contribution in [1.82, 2.24) is 0 Å². The first-order chi connectivity index (χ1) is 6.46. The Hall–Kier alpha value is -1.44. The van der Waals surface area contributed by atoms with Crippen molar-refractivity contribution >= 4 is 16.1 Å². The van der Waals surface area contributed by atoms with E-state index in [4.69, 9.17) is 9.81 Å². The Morgan fingerprint density at radius 1 is 1.29 bits per heavy atom. The molecule has 0 fully saturated rings. The van der Waals surface area contributed by atoms with Gasteiger partial charge in [0.05, 0.1) is 5.56 Å². The molecule has 1 aromatic carbocycles. The summed E-state index contributed by atoms with van der Waals surface area (Å²) in [6.45, 7) is 0. The molecule has 0 saturated heterocycles. The molecule has 0 spiro atoms. The maximum atomic E-state index is 10.8. The summed E-state index contributed by atoms with van der Waals surface area (Å²) in [6.07, 6.45) is 0. The van der Waals surface area contributed by atoms with Gasteiger partial charge in [-0.2, -0.15) is 13.7 Å². The van der Waals surface area contributed by atoms with Crippen LogP contribution in [0.1, 0.15) is 10.4 Å². The Morgan fingerprint density at radius 3 is 2.36 bits per heavy atom. The molecule has 0 amide bonds. The molecule has 0 heterocycles. The van der Waals surface area contributed by atoms with Gasteiger partial charge in [0.25, 0.3) is 10.1 Å². The third-order valence-corrected chi connectivity index (χ3v) is 2.38. The van der Waals surface area contributed by atoms with E-state index < -0.39 is 26.5 Å². The molecule has 1 rings (SSSR count). The Morgan fingerprint density at radius 2 is 1.86 bits per heavy atom. The number of hydrogen-bond acceptors (Lipinski definition) is 5. The molecule has 0 aliphatic carbocycles. The number of carbonyl (C=O) groups is 1. The second kappa shape index (κ2) is 3.74. The lowest BCUT2D eigenvalue weighted by Crippen LogP contribution is -2.09. The molecule has 0 atom stereocenters. The van der Waals surface area contributed by atoms with Gasteiger partial charge in [-0.15, -0.1) is 0 Å². The highest BCUT2D eigenvalue weighted by atomic mass is 32.2. The molecule has 0 aliphatic rings. The minimum Gasteiger partial charge on any atom is -0.295 e. The van der Waals surface area contributed by atoms with Gasteiger partial charge in [0.15, 0.2) is 0 Å². The van der Waals surface area contributed by atoms with E-state index in [-0.39, 0.29) is 0 Å². The molecule has 0 bridgehead atoms. The maximum absolute atomic E-state index is 10.8. The van der Waals surface area contributed by atoms with Crippen LogP contribution in [0, 0.1) is 0 Å². The first-order valence-corrected chi connectivity index (χ1v) is 4.83. The summed E-state index contributed by atoms with van der Waals surface area (Å²) in [6, 6.07) is 4.79. The zero-order valence-electron chi connectivity index (χ0n) is 6.75. The monoisotopic (exact) mass is 218 g/mol. The molecule has 0 aromatic heterocycles. The fourth-order valence-electron chi connectivity index (χ4n) is 0.909. The zero-order chi connectivity index (χ0) is 10.8. The van der Waals surface area contributed by atoms with Crippen LogP contribution >= 0.6 is 0 Å². The average Bonchev–Trinajstić information content (AvgIpc) is 2.15. The van der Waals surface area contributed by atoms with E-state index in [1.54, 1.807) is 0 Å². The summed E-state index contributed by atoms with van der Waals surface area (Å²) in [5, 5.41) is 8.05. The van der Waals surface area contributed by atoms with E-state index in [2.05, 4.69) is 4.89 Å². The van der Waals surface area contributed by atoms with Crippen molar-refractivity contribution < 1.29 is 27.9 Å². The lowest BCUT2D eigenvalue weighted by Gasteiger charge is -2.02. The molecular weight excluding hydrogens is 212 g/mol. The second-order valence-corrected chi connectivity index (χ2v) is 3.74. The topological polar surface area (TPSA) is 101 Å². The van der Waals surface area contributed by atoms with Gasteiger partial charge in [-0.05, 0) is 12.1 Å². The highest BCUT2D eigenvalue weighted by Gasteiger charge is 2.20. The van der Waals surface area contributed by atoms with Crippen molar-refractivity contribution in [3.05, 3.63) is 29.8 Å². The number of hydrogen-bond donors (Lipinski definition) is 2. The van der Waals surface area contributed by atoms with Crippen LogP contribution in [-0.4, -0.2) is 24.2 Å². The van der Waals surface area contributed by atoms with E-state index in [1.807, 2.05) is 0 Å². The van der Waals surface area contributed by atoms with Gasteiger partial charge < -0.3 is 0 Å². The van der Waals surface area contributed by atoms with Gasteiger partial charge in [0.2, 0.25) is 0 Å². The molecule has 76 valence electrons. The van der Waals surface area contributed by atoms with E-state index in [1.165, 1.54) is 12.1 Å². The molecule has 1 aromatic rings. The Balaban J connectivity index is 3.38. The summed E-state index contributed by atoms with van der Waals surface area (Å²) in [5.74, 6) is -1.25. The summed E-state index contributed by atoms with van der Waals surface area (Å²) < 4.78 is 30.2. The van der Waals surface area contributed by atoms with Crippen molar-refractivity contribution in [2.75, 3.05) is 0 Å². The molecule has 14 heavy (non-hydrogen) atoms. The predicted octanol–water partition coefficient (Wildman–Crippen LogP) is 0.563. The average molecular weight is 218 g/mol. The van der Waals surface area contributed by atoms with Crippen LogP contribution in [0.3, 0.4) is 0 Å². The van der Waals surface area contributed by atoms with E-state index in [0.717, 1.165) is 12.1 Å². The van der Waals surface area contributed by atoms with Crippen molar-refractivity contribution in [3.8, 4) is 0 Å². The van der Waals surface area contributed by atoms with Gasteiger partial charge in [0, 0.05) is 0 Å². The SMILES string of the molecule is O=C(OO)c1ccccc1S(=O)(=O)O. The third kappa shape index (κ3) is 2.08. The second-order valence-electron chi connectivity index (χ2n) is 2.35. The van der Waals surface area contributed by atoms with E-state index in [0.29, 0.717) is 0 Å². The Labute approximate surface area is 79.4 Å². The number of carbonyl (C=O) groups excluding carboxylic acids is 1. The normalized spacial score (nSPS) is 11.0. The Kier molecular flexibility index (Phi) is 2.84. The molecule has 7 heteroatoms. The summed E-state index contributed by atoms with van der Waals surface area (Å²) in [4.78, 5) is 13.6. The quantitative estimate of drug-likeness (QED) is 0.427. The smallest absolute Gasteiger partial charge is 0.295 e. The third-order valence-electron chi connectivity index (χ3n) is 1.47. The van der Waals surface area contributed by atoms with Gasteiger partial charge >= 0.3 is 5.97 Å². The molecule has 0 saturated carbocycles. The Bertz CT molecular complexity index is 449. The predicted molar refractivity (Wildman–Crippen MR) is 44.3 cm³/mol. The maximum Gasteiger partial charge on any atom is 0.374 e. The van der Waals surface area contributed by atoms with Gasteiger partial charge in [-0.3, -0.25) is 9.44 Å². The summed E-state index contributed by atoms with van der Waals surface area (Å²) in [7, 11) is -4.50. The molecule has 0 unspecified atom stereocenters.